The van der Waals surface area contributed by atoms with E-state index in [-0.39, 0.29) is 17.9 Å². The number of aromatic hydroxyl groups is 1. The van der Waals surface area contributed by atoms with Crippen LogP contribution in [0.4, 0.5) is 4.79 Å². The number of carbonyl (C=O) groups excluding carboxylic acids is 1. The summed E-state index contributed by atoms with van der Waals surface area (Å²) in [6.07, 6.45) is 0.837. The van der Waals surface area contributed by atoms with Gasteiger partial charge >= 0.3 is 6.09 Å². The van der Waals surface area contributed by atoms with E-state index in [2.05, 4.69) is 0 Å². The highest BCUT2D eigenvalue weighted by molar-refractivity contribution is 5.69. The van der Waals surface area contributed by atoms with E-state index in [1.54, 1.807) is 32.1 Å². The zero-order chi connectivity index (χ0) is 21.0. The molecule has 0 aliphatic carbocycles. The maximum atomic E-state index is 12.6. The number of hydrogen-bond donors (Lipinski definition) is 1. The summed E-state index contributed by atoms with van der Waals surface area (Å²) >= 11 is 0. The molecular weight excluding hydrogens is 374 g/mol. The molecule has 0 fully saturated rings. The first kappa shape index (κ1) is 20.6. The Morgan fingerprint density at radius 2 is 1.79 bits per heavy atom. The number of nitrogens with zero attached hydrogens (tertiary/aromatic N) is 1. The SMILES string of the molecule is CCOC(=O)N1CCc2cc(O)c(OC)cc2C1Cc1ccc(OC)c(OC)c1. The quantitative estimate of drug-likeness (QED) is 0.795. The van der Waals surface area contributed by atoms with Crippen LogP contribution in [0.25, 0.3) is 0 Å². The Hall–Kier alpha value is -3.09. The first-order valence-corrected chi connectivity index (χ1v) is 9.56. The Morgan fingerprint density at radius 3 is 2.45 bits per heavy atom. The van der Waals surface area contributed by atoms with Gasteiger partial charge in [-0.15, -0.1) is 0 Å². The van der Waals surface area contributed by atoms with Gasteiger partial charge < -0.3 is 29.0 Å². The molecule has 0 radical (unpaired) electrons. The van der Waals surface area contributed by atoms with E-state index in [9.17, 15) is 9.90 Å². The highest BCUT2D eigenvalue weighted by Crippen LogP contribution is 2.40. The standard InChI is InChI=1S/C22H27NO6/c1-5-29-22(25)23-9-8-15-12-18(24)20(27-3)13-16(15)17(23)10-14-6-7-19(26-2)21(11-14)28-4/h6-7,11-13,17,24H,5,8-10H2,1-4H3. The molecule has 7 heteroatoms. The van der Waals surface area contributed by atoms with Crippen LogP contribution in [0.3, 0.4) is 0 Å². The highest BCUT2D eigenvalue weighted by Gasteiger charge is 2.33. The minimum absolute atomic E-state index is 0.0979. The second kappa shape index (κ2) is 8.94. The number of methoxy groups -OCH3 is 3. The fraction of sp³-hybridized carbons (Fsp3) is 0.409. The molecule has 7 nitrogen and oxygen atoms in total. The van der Waals surface area contributed by atoms with Crippen LogP contribution in [0, 0.1) is 0 Å². The van der Waals surface area contributed by atoms with E-state index in [0.29, 0.717) is 43.2 Å². The van der Waals surface area contributed by atoms with Crippen molar-refractivity contribution in [2.75, 3.05) is 34.5 Å². The predicted octanol–water partition coefficient (Wildman–Crippen LogP) is 3.72. The van der Waals surface area contributed by atoms with Crippen molar-refractivity contribution in [1.29, 1.82) is 0 Å². The maximum Gasteiger partial charge on any atom is 0.410 e. The lowest BCUT2D eigenvalue weighted by molar-refractivity contribution is 0.0863. The van der Waals surface area contributed by atoms with Gasteiger partial charge in [0.1, 0.15) is 0 Å². The first-order valence-electron chi connectivity index (χ1n) is 9.56. The van der Waals surface area contributed by atoms with Gasteiger partial charge in [-0.25, -0.2) is 4.79 Å². The van der Waals surface area contributed by atoms with Crippen molar-refractivity contribution in [2.24, 2.45) is 0 Å². The van der Waals surface area contributed by atoms with Crippen LogP contribution in [-0.4, -0.2) is 50.6 Å². The third kappa shape index (κ3) is 4.18. The summed E-state index contributed by atoms with van der Waals surface area (Å²) in [4.78, 5) is 14.4. The van der Waals surface area contributed by atoms with Crippen molar-refractivity contribution in [1.82, 2.24) is 4.90 Å². The molecule has 3 rings (SSSR count). The molecule has 1 aliphatic rings. The third-order valence-electron chi connectivity index (χ3n) is 5.18. The summed E-state index contributed by atoms with van der Waals surface area (Å²) in [5, 5.41) is 10.2. The molecule has 1 N–H and O–H groups in total. The number of phenolic OH excluding ortho intramolecular Hbond substituents is 1. The monoisotopic (exact) mass is 401 g/mol. The molecule has 0 saturated heterocycles. The normalized spacial score (nSPS) is 15.4. The lowest BCUT2D eigenvalue weighted by Crippen LogP contribution is -2.41. The van der Waals surface area contributed by atoms with Crippen molar-refractivity contribution in [3.05, 3.63) is 47.0 Å². The van der Waals surface area contributed by atoms with Crippen molar-refractivity contribution in [3.63, 3.8) is 0 Å². The van der Waals surface area contributed by atoms with Crippen LogP contribution in [-0.2, 0) is 17.6 Å². The van der Waals surface area contributed by atoms with Gasteiger partial charge in [-0.1, -0.05) is 6.07 Å². The zero-order valence-corrected chi connectivity index (χ0v) is 17.2. The van der Waals surface area contributed by atoms with Gasteiger partial charge in [0.25, 0.3) is 0 Å². The number of phenols is 1. The average molecular weight is 401 g/mol. The molecule has 1 heterocycles. The summed E-state index contributed by atoms with van der Waals surface area (Å²) in [5.74, 6) is 1.76. The summed E-state index contributed by atoms with van der Waals surface area (Å²) < 4.78 is 21.3. The highest BCUT2D eigenvalue weighted by atomic mass is 16.6. The lowest BCUT2D eigenvalue weighted by atomic mass is 9.88. The topological polar surface area (TPSA) is 77.5 Å². The summed E-state index contributed by atoms with van der Waals surface area (Å²) in [5.41, 5.74) is 2.92. The molecule has 0 bridgehead atoms. The molecule has 1 atom stereocenters. The fourth-order valence-corrected chi connectivity index (χ4v) is 3.76. The first-order chi connectivity index (χ1) is 14.0. The van der Waals surface area contributed by atoms with E-state index in [4.69, 9.17) is 18.9 Å². The van der Waals surface area contributed by atoms with Crippen LogP contribution in [0.2, 0.25) is 0 Å². The Kier molecular flexibility index (Phi) is 6.36. The second-order valence-electron chi connectivity index (χ2n) is 6.77. The molecule has 2 aromatic carbocycles. The van der Waals surface area contributed by atoms with Crippen LogP contribution >= 0.6 is 0 Å². The summed E-state index contributed by atoms with van der Waals surface area (Å²) in [6.45, 7) is 2.61. The second-order valence-corrected chi connectivity index (χ2v) is 6.77. The number of ether oxygens (including phenoxy) is 4. The predicted molar refractivity (Wildman–Crippen MR) is 108 cm³/mol. The van der Waals surface area contributed by atoms with Crippen molar-refractivity contribution in [3.8, 4) is 23.0 Å². The number of carbonyl (C=O) groups is 1. The Balaban J connectivity index is 2.02. The fourth-order valence-electron chi connectivity index (χ4n) is 3.76. The van der Waals surface area contributed by atoms with Crippen molar-refractivity contribution < 1.29 is 28.8 Å². The van der Waals surface area contributed by atoms with Gasteiger partial charge in [0.2, 0.25) is 0 Å². The van der Waals surface area contributed by atoms with Gasteiger partial charge in [-0.05, 0) is 60.7 Å². The molecule has 1 aliphatic heterocycles. The smallest absolute Gasteiger partial charge is 0.410 e. The van der Waals surface area contributed by atoms with E-state index in [1.807, 2.05) is 24.3 Å². The average Bonchev–Trinajstić information content (AvgIpc) is 2.73. The Morgan fingerprint density at radius 1 is 1.07 bits per heavy atom. The van der Waals surface area contributed by atoms with E-state index < -0.39 is 0 Å². The van der Waals surface area contributed by atoms with Gasteiger partial charge in [-0.2, -0.15) is 0 Å². The van der Waals surface area contributed by atoms with E-state index >= 15 is 0 Å². The molecule has 0 saturated carbocycles. The van der Waals surface area contributed by atoms with Gasteiger partial charge in [0.15, 0.2) is 23.0 Å². The molecule has 1 amide bonds. The van der Waals surface area contributed by atoms with Crippen LogP contribution in [0.1, 0.15) is 29.7 Å². The number of hydrogen-bond acceptors (Lipinski definition) is 6. The van der Waals surface area contributed by atoms with Crippen molar-refractivity contribution in [2.45, 2.75) is 25.8 Å². The largest absolute Gasteiger partial charge is 0.504 e. The molecular formula is C22H27NO6. The van der Waals surface area contributed by atoms with Crippen LogP contribution in [0.5, 0.6) is 23.0 Å². The van der Waals surface area contributed by atoms with Crippen LogP contribution in [0.15, 0.2) is 30.3 Å². The number of benzene rings is 2. The minimum Gasteiger partial charge on any atom is -0.504 e. The minimum atomic E-state index is -0.351. The molecule has 156 valence electrons. The molecule has 2 aromatic rings. The van der Waals surface area contributed by atoms with E-state index in [0.717, 1.165) is 16.7 Å². The lowest BCUT2D eigenvalue weighted by Gasteiger charge is -2.37. The van der Waals surface area contributed by atoms with Crippen LogP contribution < -0.4 is 14.2 Å². The number of amides is 1. The van der Waals surface area contributed by atoms with Gasteiger partial charge in [0, 0.05) is 6.54 Å². The van der Waals surface area contributed by atoms with Gasteiger partial charge in [-0.3, -0.25) is 0 Å². The summed E-state index contributed by atoms with van der Waals surface area (Å²) in [6, 6.07) is 8.99. The van der Waals surface area contributed by atoms with E-state index in [1.165, 1.54) is 7.11 Å². The number of rotatable bonds is 6. The molecule has 0 spiro atoms. The summed E-state index contributed by atoms with van der Waals surface area (Å²) in [7, 11) is 4.70. The molecule has 1 unspecified atom stereocenters. The Bertz CT molecular complexity index is 882. The molecule has 0 aromatic heterocycles. The number of fused-ring (bicyclic) bond motifs is 1. The Labute approximate surface area is 170 Å². The zero-order valence-electron chi connectivity index (χ0n) is 17.2. The third-order valence-corrected chi connectivity index (χ3v) is 5.18. The molecule has 29 heavy (non-hydrogen) atoms. The van der Waals surface area contributed by atoms with Crippen molar-refractivity contribution >= 4 is 6.09 Å². The van der Waals surface area contributed by atoms with Gasteiger partial charge in [0.05, 0.1) is 34.0 Å². The maximum absolute atomic E-state index is 12.6.